The van der Waals surface area contributed by atoms with E-state index in [1.165, 1.54) is 7.11 Å². The van der Waals surface area contributed by atoms with Crippen molar-refractivity contribution in [3.8, 4) is 5.88 Å². The number of amides is 2. The number of likely N-dealkylation sites (N-methyl/N-ethyl adjacent to an activating group) is 1. The number of hydrogen-bond donors (Lipinski definition) is 1. The Labute approximate surface area is 200 Å². The second-order valence-electron chi connectivity index (χ2n) is 8.70. The third kappa shape index (κ3) is 6.21. The third-order valence-corrected chi connectivity index (χ3v) is 5.96. The topological polar surface area (TPSA) is 92.2 Å². The van der Waals surface area contributed by atoms with Gasteiger partial charge in [-0.3, -0.25) is 9.59 Å². The van der Waals surface area contributed by atoms with E-state index >= 15 is 0 Å². The van der Waals surface area contributed by atoms with Crippen molar-refractivity contribution in [2.75, 3.05) is 40.5 Å². The lowest BCUT2D eigenvalue weighted by Crippen LogP contribution is -2.50. The molecule has 1 aromatic carbocycles. The summed E-state index contributed by atoms with van der Waals surface area (Å²) in [5, 5.41) is 9.79. The Balaban J connectivity index is 1.94. The number of nitrogens with zero attached hydrogens (tertiary/aromatic N) is 3. The van der Waals surface area contributed by atoms with E-state index in [-0.39, 0.29) is 42.9 Å². The minimum atomic E-state index is -0.399. The van der Waals surface area contributed by atoms with Gasteiger partial charge in [0.05, 0.1) is 19.2 Å². The molecule has 0 saturated heterocycles. The number of benzene rings is 1. The van der Waals surface area contributed by atoms with E-state index in [9.17, 15) is 14.7 Å². The van der Waals surface area contributed by atoms with Crippen LogP contribution in [-0.4, -0.2) is 84.3 Å². The monoisotopic (exact) mass is 467 g/mol. The molecule has 1 aliphatic rings. The first-order valence-corrected chi connectivity index (χ1v) is 11.4. The smallest absolute Gasteiger partial charge is 0.259 e. The highest BCUT2D eigenvalue weighted by Gasteiger charge is 2.34. The minimum absolute atomic E-state index is 0.0182. The summed E-state index contributed by atoms with van der Waals surface area (Å²) in [6.07, 6.45) is 5.11. The van der Waals surface area contributed by atoms with E-state index in [2.05, 4.69) is 4.98 Å². The number of carbonyl (C=O) groups excluding carboxylic acids is 2. The Morgan fingerprint density at radius 3 is 2.71 bits per heavy atom. The van der Waals surface area contributed by atoms with Crippen LogP contribution in [0.3, 0.4) is 0 Å². The molecule has 0 radical (unpaired) electrons. The van der Waals surface area contributed by atoms with Crippen LogP contribution in [0.1, 0.15) is 35.3 Å². The highest BCUT2D eigenvalue weighted by atomic mass is 16.5. The molecule has 0 bridgehead atoms. The van der Waals surface area contributed by atoms with Crippen molar-refractivity contribution in [3.05, 3.63) is 59.3 Å². The van der Waals surface area contributed by atoms with Crippen molar-refractivity contribution in [1.29, 1.82) is 0 Å². The number of hydrogen-bond acceptors (Lipinski definition) is 6. The Kier molecular flexibility index (Phi) is 8.79. The maximum Gasteiger partial charge on any atom is 0.259 e. The highest BCUT2D eigenvalue weighted by molar-refractivity contribution is 5.97. The van der Waals surface area contributed by atoms with Crippen molar-refractivity contribution >= 4 is 24.0 Å². The quantitative estimate of drug-likeness (QED) is 0.642. The molecule has 1 N–H and O–H groups in total. The third-order valence-electron chi connectivity index (χ3n) is 5.96. The van der Waals surface area contributed by atoms with Gasteiger partial charge in [-0.1, -0.05) is 49.4 Å². The van der Waals surface area contributed by atoms with Gasteiger partial charge in [0.25, 0.3) is 5.91 Å². The molecule has 2 heterocycles. The van der Waals surface area contributed by atoms with Crippen molar-refractivity contribution in [1.82, 2.24) is 14.8 Å². The number of fused-ring (bicyclic) bond motifs is 1. The van der Waals surface area contributed by atoms with Gasteiger partial charge in [0.15, 0.2) is 0 Å². The maximum atomic E-state index is 13.5. The van der Waals surface area contributed by atoms with Gasteiger partial charge in [0.2, 0.25) is 11.8 Å². The minimum Gasteiger partial charge on any atom is -0.472 e. The highest BCUT2D eigenvalue weighted by Crippen LogP contribution is 2.28. The van der Waals surface area contributed by atoms with Gasteiger partial charge >= 0.3 is 0 Å². The normalized spacial score (nSPS) is 19.2. The molecule has 0 fully saturated rings. The number of methoxy groups -OCH3 is 1. The molecule has 3 atom stereocenters. The van der Waals surface area contributed by atoms with Crippen LogP contribution in [0.2, 0.25) is 0 Å². The van der Waals surface area contributed by atoms with Gasteiger partial charge in [-0.25, -0.2) is 4.98 Å². The maximum absolute atomic E-state index is 13.5. The first-order chi connectivity index (χ1) is 16.3. The number of pyridine rings is 1. The standard InChI is InChI=1S/C26H33N3O5/c1-18-14-29(19(2)16-30)26(32)22-12-21(11-10-20-8-6-5-7-9-20)13-27-25(22)34-23(18)15-28(3)24(31)17-33-4/h5-13,18-19,23,30H,14-17H2,1-4H3/b11-10+/t18-,19-,23+/m0/s1. The summed E-state index contributed by atoms with van der Waals surface area (Å²) in [5.41, 5.74) is 2.12. The molecule has 0 unspecified atom stereocenters. The molecule has 1 aromatic heterocycles. The number of aliphatic hydroxyl groups excluding tert-OH is 1. The predicted octanol–water partition coefficient (Wildman–Crippen LogP) is 2.58. The summed E-state index contributed by atoms with van der Waals surface area (Å²) in [7, 11) is 3.17. The number of carbonyl (C=O) groups is 2. The number of rotatable bonds is 8. The van der Waals surface area contributed by atoms with E-state index in [0.717, 1.165) is 11.1 Å². The molecule has 3 rings (SSSR count). The second kappa shape index (κ2) is 11.8. The van der Waals surface area contributed by atoms with E-state index in [4.69, 9.17) is 9.47 Å². The van der Waals surface area contributed by atoms with Gasteiger partial charge in [0, 0.05) is 32.8 Å². The Morgan fingerprint density at radius 2 is 2.03 bits per heavy atom. The Morgan fingerprint density at radius 1 is 1.32 bits per heavy atom. The molecule has 182 valence electrons. The fourth-order valence-corrected chi connectivity index (χ4v) is 3.79. The van der Waals surface area contributed by atoms with Crippen LogP contribution in [-0.2, 0) is 9.53 Å². The lowest BCUT2D eigenvalue weighted by atomic mass is 9.99. The van der Waals surface area contributed by atoms with Crippen LogP contribution in [0.4, 0.5) is 0 Å². The van der Waals surface area contributed by atoms with E-state index < -0.39 is 6.10 Å². The zero-order valence-electron chi connectivity index (χ0n) is 20.2. The van der Waals surface area contributed by atoms with Gasteiger partial charge in [-0.15, -0.1) is 0 Å². The van der Waals surface area contributed by atoms with Crippen LogP contribution >= 0.6 is 0 Å². The van der Waals surface area contributed by atoms with Crippen LogP contribution in [0.15, 0.2) is 42.6 Å². The summed E-state index contributed by atoms with van der Waals surface area (Å²) in [4.78, 5) is 33.4. The summed E-state index contributed by atoms with van der Waals surface area (Å²) in [6, 6.07) is 11.2. The van der Waals surface area contributed by atoms with Crippen LogP contribution < -0.4 is 4.74 Å². The van der Waals surface area contributed by atoms with Crippen LogP contribution in [0.5, 0.6) is 5.88 Å². The van der Waals surface area contributed by atoms with Crippen molar-refractivity contribution < 1.29 is 24.2 Å². The lowest BCUT2D eigenvalue weighted by Gasteiger charge is -2.37. The molecule has 0 aliphatic carbocycles. The van der Waals surface area contributed by atoms with Gasteiger partial charge < -0.3 is 24.4 Å². The second-order valence-corrected chi connectivity index (χ2v) is 8.70. The van der Waals surface area contributed by atoms with Crippen LogP contribution in [0, 0.1) is 5.92 Å². The molecule has 2 aromatic rings. The molecule has 8 heteroatoms. The number of ether oxygens (including phenoxy) is 2. The fourth-order valence-electron chi connectivity index (χ4n) is 3.79. The molecule has 8 nitrogen and oxygen atoms in total. The number of aliphatic hydroxyl groups is 1. The lowest BCUT2D eigenvalue weighted by molar-refractivity contribution is -0.135. The molecular weight excluding hydrogens is 434 g/mol. The van der Waals surface area contributed by atoms with Crippen molar-refractivity contribution in [3.63, 3.8) is 0 Å². The SMILES string of the molecule is COCC(=O)N(C)C[C@H]1Oc2ncc(/C=C/c3ccccc3)cc2C(=O)N([C@@H](C)CO)C[C@@H]1C. The summed E-state index contributed by atoms with van der Waals surface area (Å²) in [6.45, 7) is 4.28. The molecule has 0 saturated carbocycles. The van der Waals surface area contributed by atoms with E-state index in [1.807, 2.05) is 56.3 Å². The summed E-state index contributed by atoms with van der Waals surface area (Å²) in [5.74, 6) is -0.288. The van der Waals surface area contributed by atoms with Gasteiger partial charge in [0.1, 0.15) is 18.3 Å². The molecule has 1 aliphatic heterocycles. The summed E-state index contributed by atoms with van der Waals surface area (Å²) >= 11 is 0. The molecule has 0 spiro atoms. The fraction of sp³-hybridized carbons (Fsp3) is 0.423. The van der Waals surface area contributed by atoms with E-state index in [0.29, 0.717) is 18.7 Å². The number of aromatic nitrogens is 1. The van der Waals surface area contributed by atoms with Gasteiger partial charge in [-0.05, 0) is 24.1 Å². The van der Waals surface area contributed by atoms with Crippen LogP contribution in [0.25, 0.3) is 12.2 Å². The average Bonchev–Trinajstić information content (AvgIpc) is 2.85. The first kappa shape index (κ1) is 25.4. The zero-order chi connectivity index (χ0) is 24.7. The molecular formula is C26H33N3O5. The largest absolute Gasteiger partial charge is 0.472 e. The van der Waals surface area contributed by atoms with Crippen molar-refractivity contribution in [2.24, 2.45) is 5.92 Å². The first-order valence-electron chi connectivity index (χ1n) is 11.4. The molecule has 34 heavy (non-hydrogen) atoms. The molecule has 2 amide bonds. The van der Waals surface area contributed by atoms with Gasteiger partial charge in [-0.2, -0.15) is 0 Å². The van der Waals surface area contributed by atoms with E-state index in [1.54, 1.807) is 29.1 Å². The zero-order valence-corrected chi connectivity index (χ0v) is 20.2. The Bertz CT molecular complexity index is 1010. The average molecular weight is 468 g/mol. The Hall–Kier alpha value is -3.23. The summed E-state index contributed by atoms with van der Waals surface area (Å²) < 4.78 is 11.2. The predicted molar refractivity (Wildman–Crippen MR) is 130 cm³/mol. The van der Waals surface area contributed by atoms with Crippen molar-refractivity contribution in [2.45, 2.75) is 26.0 Å².